The monoisotopic (exact) mass is 492 g/mol. The van der Waals surface area contributed by atoms with Gasteiger partial charge in [-0.15, -0.1) is 0 Å². The van der Waals surface area contributed by atoms with E-state index in [9.17, 15) is 4.79 Å². The van der Waals surface area contributed by atoms with Gasteiger partial charge in [0.05, 0.1) is 16.0 Å². The van der Waals surface area contributed by atoms with Crippen LogP contribution in [0.25, 0.3) is 5.76 Å². The highest BCUT2D eigenvalue weighted by molar-refractivity contribution is 8.79. The van der Waals surface area contributed by atoms with Crippen LogP contribution in [0.3, 0.4) is 0 Å². The summed E-state index contributed by atoms with van der Waals surface area (Å²) in [5, 5.41) is 0. The highest BCUT2D eigenvalue weighted by Gasteiger charge is 2.67. The smallest absolute Gasteiger partial charge is 0.266 e. The van der Waals surface area contributed by atoms with Gasteiger partial charge in [-0.25, -0.2) is 0 Å². The summed E-state index contributed by atoms with van der Waals surface area (Å²) in [5.41, 5.74) is 0.569. The van der Waals surface area contributed by atoms with Crippen molar-refractivity contribution in [1.29, 1.82) is 0 Å². The molecule has 0 aromatic heterocycles. The molecule has 0 radical (unpaired) electrons. The molecule has 176 valence electrons. The van der Waals surface area contributed by atoms with Crippen molar-refractivity contribution >= 4 is 33.1 Å². The normalized spacial score (nSPS) is 28.4. The molecular formula is C28H28O4S2. The fourth-order valence-electron chi connectivity index (χ4n) is 6.47. The lowest BCUT2D eigenvalue weighted by molar-refractivity contribution is -0.0866. The Labute approximate surface area is 208 Å². The number of para-hydroxylation sites is 2. The Bertz CT molecular complexity index is 1190. The van der Waals surface area contributed by atoms with Crippen LogP contribution in [0.1, 0.15) is 80.1 Å². The van der Waals surface area contributed by atoms with Crippen molar-refractivity contribution in [3.05, 3.63) is 64.6 Å². The molecule has 5 aliphatic rings. The quantitative estimate of drug-likeness (QED) is 0.354. The van der Waals surface area contributed by atoms with Crippen molar-refractivity contribution < 1.29 is 19.0 Å². The van der Waals surface area contributed by atoms with Gasteiger partial charge in [0.2, 0.25) is 5.78 Å². The lowest BCUT2D eigenvalue weighted by Crippen LogP contribution is -2.65. The lowest BCUT2D eigenvalue weighted by atomic mass is 9.75. The third-order valence-corrected chi connectivity index (χ3v) is 11.3. The highest BCUT2D eigenvalue weighted by atomic mass is 33.1. The van der Waals surface area contributed by atoms with Gasteiger partial charge in [0.1, 0.15) is 22.9 Å². The van der Waals surface area contributed by atoms with Gasteiger partial charge in [-0.05, 0) is 97.2 Å². The topological polar surface area (TPSA) is 44.8 Å². The number of carbonyl (C=O) groups excluding carboxylic acids is 1. The minimum absolute atomic E-state index is 0.0435. The van der Waals surface area contributed by atoms with Crippen molar-refractivity contribution in [3.63, 3.8) is 0 Å². The molecule has 3 heterocycles. The number of hydrogen-bond donors (Lipinski definition) is 0. The number of ketones is 1. The molecular weight excluding hydrogens is 464 g/mol. The summed E-state index contributed by atoms with van der Waals surface area (Å²) in [6.45, 7) is 0. The predicted octanol–water partition coefficient (Wildman–Crippen LogP) is 7.54. The molecule has 3 aliphatic heterocycles. The Morgan fingerprint density at radius 3 is 2.03 bits per heavy atom. The predicted molar refractivity (Wildman–Crippen MR) is 136 cm³/mol. The second-order valence-electron chi connectivity index (χ2n) is 10.2. The fraction of sp³-hybridized carbons (Fsp3) is 0.464. The van der Waals surface area contributed by atoms with Crippen LogP contribution in [0.4, 0.5) is 0 Å². The molecule has 2 aromatic carbocycles. The van der Waals surface area contributed by atoms with Gasteiger partial charge in [-0.1, -0.05) is 37.1 Å². The second kappa shape index (κ2) is 7.72. The van der Waals surface area contributed by atoms with E-state index in [1.807, 2.05) is 42.5 Å². The second-order valence-corrected chi connectivity index (χ2v) is 12.5. The number of ether oxygens (including phenoxy) is 3. The number of rotatable bonds is 0. The van der Waals surface area contributed by atoms with E-state index >= 15 is 0 Å². The van der Waals surface area contributed by atoms with Crippen molar-refractivity contribution in [1.82, 2.24) is 0 Å². The number of hydrogen-bond acceptors (Lipinski definition) is 6. The van der Waals surface area contributed by atoms with Crippen molar-refractivity contribution in [2.75, 3.05) is 0 Å². The van der Waals surface area contributed by atoms with Gasteiger partial charge < -0.3 is 14.2 Å². The van der Waals surface area contributed by atoms with Crippen LogP contribution in [0, 0.1) is 0 Å². The largest absolute Gasteiger partial charge is 0.481 e. The van der Waals surface area contributed by atoms with Gasteiger partial charge in [-0.2, -0.15) is 0 Å². The van der Waals surface area contributed by atoms with E-state index in [1.165, 1.54) is 12.8 Å². The lowest BCUT2D eigenvalue weighted by Gasteiger charge is -2.55. The third-order valence-electron chi connectivity index (χ3n) is 8.20. The molecule has 34 heavy (non-hydrogen) atoms. The summed E-state index contributed by atoms with van der Waals surface area (Å²) in [4.78, 5) is 14.4. The van der Waals surface area contributed by atoms with Crippen LogP contribution in [0.5, 0.6) is 11.5 Å². The van der Waals surface area contributed by atoms with E-state index in [4.69, 9.17) is 14.2 Å². The third kappa shape index (κ3) is 2.84. The standard InChI is InChI=1S/C28H28O4S2/c29-24-20-12-4-6-14-22(20)31-27(17-9-2-10-18-27)28(24)32-23-19-11-3-5-13-21(19)30-26(25(23)33-34-28)15-7-1-8-16-26/h3-6,11-14H,1-2,7-10,15-18H2. The number of fused-ring (bicyclic) bond motifs is 5. The molecule has 0 bridgehead atoms. The molecule has 2 aliphatic carbocycles. The zero-order valence-corrected chi connectivity index (χ0v) is 20.8. The Kier molecular flexibility index (Phi) is 4.83. The van der Waals surface area contributed by atoms with Gasteiger partial charge in [-0.3, -0.25) is 4.79 Å². The van der Waals surface area contributed by atoms with E-state index in [2.05, 4.69) is 6.07 Å². The van der Waals surface area contributed by atoms with E-state index < -0.39 is 10.5 Å². The van der Waals surface area contributed by atoms with E-state index in [-0.39, 0.29) is 11.4 Å². The van der Waals surface area contributed by atoms with Crippen LogP contribution in [-0.4, -0.2) is 21.9 Å². The van der Waals surface area contributed by atoms with E-state index in [1.54, 1.807) is 21.6 Å². The van der Waals surface area contributed by atoms with Crippen LogP contribution in [-0.2, 0) is 4.74 Å². The van der Waals surface area contributed by atoms with Crippen molar-refractivity contribution in [2.45, 2.75) is 80.3 Å². The zero-order valence-electron chi connectivity index (χ0n) is 19.1. The number of benzene rings is 2. The van der Waals surface area contributed by atoms with Crippen LogP contribution >= 0.6 is 21.6 Å². The van der Waals surface area contributed by atoms with E-state index in [0.29, 0.717) is 11.3 Å². The fourth-order valence-corrected chi connectivity index (χ4v) is 10.1. The minimum atomic E-state index is -1.11. The molecule has 7 rings (SSSR count). The van der Waals surface area contributed by atoms with Gasteiger partial charge in [0.15, 0.2) is 5.60 Å². The molecule has 2 saturated carbocycles. The zero-order chi connectivity index (χ0) is 22.8. The molecule has 1 unspecified atom stereocenters. The van der Waals surface area contributed by atoms with Crippen molar-refractivity contribution in [2.24, 2.45) is 0 Å². The summed E-state index contributed by atoms with van der Waals surface area (Å²) in [5.74, 6) is 2.45. The summed E-state index contributed by atoms with van der Waals surface area (Å²) in [6, 6.07) is 15.8. The Hall–Kier alpha value is -2.05. The number of Topliss-reactive ketones (excluding diaryl/α,β-unsaturated/α-hetero) is 1. The summed E-state index contributed by atoms with van der Waals surface area (Å²) in [6.07, 6.45) is 10.4. The maximum atomic E-state index is 14.3. The molecule has 0 amide bonds. The van der Waals surface area contributed by atoms with Gasteiger partial charge in [0.25, 0.3) is 4.93 Å². The van der Waals surface area contributed by atoms with Crippen LogP contribution < -0.4 is 9.47 Å². The molecule has 4 nitrogen and oxygen atoms in total. The Morgan fingerprint density at radius 2 is 1.29 bits per heavy atom. The first-order chi connectivity index (χ1) is 16.7. The van der Waals surface area contributed by atoms with Crippen LogP contribution in [0.15, 0.2) is 53.4 Å². The molecule has 2 aromatic rings. The first-order valence-corrected chi connectivity index (χ1v) is 14.7. The average molecular weight is 493 g/mol. The van der Waals surface area contributed by atoms with Crippen LogP contribution in [0.2, 0.25) is 0 Å². The molecule has 0 saturated heterocycles. The summed E-state index contributed by atoms with van der Waals surface area (Å²) in [7, 11) is 3.29. The molecule has 1 atom stereocenters. The summed E-state index contributed by atoms with van der Waals surface area (Å²) < 4.78 is 20.6. The van der Waals surface area contributed by atoms with Crippen molar-refractivity contribution in [3.8, 4) is 11.5 Å². The average Bonchev–Trinajstić information content (AvgIpc) is 2.89. The minimum Gasteiger partial charge on any atom is -0.481 e. The number of carbonyl (C=O) groups is 1. The molecule has 6 heteroatoms. The molecule has 0 N–H and O–H groups in total. The maximum Gasteiger partial charge on any atom is 0.266 e. The van der Waals surface area contributed by atoms with Gasteiger partial charge in [0, 0.05) is 0 Å². The van der Waals surface area contributed by atoms with Gasteiger partial charge >= 0.3 is 0 Å². The van der Waals surface area contributed by atoms with E-state index in [0.717, 1.165) is 73.3 Å². The highest BCUT2D eigenvalue weighted by Crippen LogP contribution is 2.66. The maximum absolute atomic E-state index is 14.3. The SMILES string of the molecule is O=C1c2ccccc2OC2(CCCCC2)C12OC1=C(SS2)C2(CCCCC2)Oc2ccccc21. The Morgan fingerprint density at radius 1 is 0.676 bits per heavy atom. The first kappa shape index (κ1) is 21.3. The summed E-state index contributed by atoms with van der Waals surface area (Å²) >= 11 is 0. The molecule has 2 fully saturated rings. The Balaban J connectivity index is 1.42. The molecule has 3 spiro atoms. The first-order valence-electron chi connectivity index (χ1n) is 12.6.